The third-order valence-corrected chi connectivity index (χ3v) is 3.98. The first-order valence-electron chi connectivity index (χ1n) is 7.45. The maximum Gasteiger partial charge on any atom is 0.226 e. The van der Waals surface area contributed by atoms with E-state index < -0.39 is 0 Å². The number of imidazole rings is 1. The Balaban J connectivity index is 1.72. The highest BCUT2D eigenvalue weighted by Crippen LogP contribution is 2.16. The minimum absolute atomic E-state index is 0.252. The quantitative estimate of drug-likeness (QED) is 0.913. The highest BCUT2D eigenvalue weighted by molar-refractivity contribution is 5.81. The van der Waals surface area contributed by atoms with Crippen LogP contribution < -0.4 is 0 Å². The molecule has 0 atom stereocenters. The number of rotatable bonds is 2. The molecule has 0 saturated carbocycles. The molecular weight excluding hydrogens is 250 g/mol. The molecular formula is C16H21N3O. The van der Waals surface area contributed by atoms with Crippen LogP contribution in [0.4, 0.5) is 0 Å². The van der Waals surface area contributed by atoms with E-state index in [2.05, 4.69) is 9.97 Å². The zero-order valence-corrected chi connectivity index (χ0v) is 12.0. The first kappa shape index (κ1) is 13.2. The van der Waals surface area contributed by atoms with Crippen LogP contribution in [0.5, 0.6) is 0 Å². The Labute approximate surface area is 119 Å². The smallest absolute Gasteiger partial charge is 0.226 e. The first-order chi connectivity index (χ1) is 9.72. The summed E-state index contributed by atoms with van der Waals surface area (Å²) in [4.78, 5) is 22.0. The van der Waals surface area contributed by atoms with Gasteiger partial charge < -0.3 is 9.88 Å². The van der Waals surface area contributed by atoms with Crippen molar-refractivity contribution in [3.63, 3.8) is 0 Å². The van der Waals surface area contributed by atoms with Gasteiger partial charge in [0, 0.05) is 13.1 Å². The predicted octanol–water partition coefficient (Wildman–Crippen LogP) is 2.82. The number of carbonyl (C=O) groups excluding carboxylic acids is 1. The normalized spacial score (nSPS) is 16.4. The Kier molecular flexibility index (Phi) is 3.72. The first-order valence-corrected chi connectivity index (χ1v) is 7.45. The maximum atomic E-state index is 12.4. The molecule has 1 saturated heterocycles. The third kappa shape index (κ3) is 2.84. The van der Waals surface area contributed by atoms with Crippen molar-refractivity contribution in [2.24, 2.45) is 0 Å². The summed E-state index contributed by atoms with van der Waals surface area (Å²) in [5, 5.41) is 0. The molecule has 4 nitrogen and oxygen atoms in total. The topological polar surface area (TPSA) is 49.0 Å². The molecule has 0 radical (unpaired) electrons. The molecule has 1 aliphatic heterocycles. The number of amides is 1. The summed E-state index contributed by atoms with van der Waals surface area (Å²) in [6.07, 6.45) is 5.29. The average molecular weight is 271 g/mol. The summed E-state index contributed by atoms with van der Waals surface area (Å²) in [6, 6.07) is 6.05. The summed E-state index contributed by atoms with van der Waals surface area (Å²) in [5.74, 6) is 1.17. The van der Waals surface area contributed by atoms with Gasteiger partial charge in [0.15, 0.2) is 0 Å². The average Bonchev–Trinajstić information content (AvgIpc) is 2.64. The number of fused-ring (bicyclic) bond motifs is 1. The fourth-order valence-corrected chi connectivity index (χ4v) is 2.90. The number of aromatic amines is 1. The number of aromatic nitrogens is 2. The summed E-state index contributed by atoms with van der Waals surface area (Å²) < 4.78 is 0. The van der Waals surface area contributed by atoms with Crippen molar-refractivity contribution >= 4 is 16.9 Å². The van der Waals surface area contributed by atoms with Gasteiger partial charge in [-0.1, -0.05) is 18.9 Å². The minimum Gasteiger partial charge on any atom is -0.342 e. The van der Waals surface area contributed by atoms with Crippen LogP contribution >= 0.6 is 0 Å². The summed E-state index contributed by atoms with van der Waals surface area (Å²) in [5.41, 5.74) is 3.05. The molecule has 0 aliphatic carbocycles. The van der Waals surface area contributed by atoms with Gasteiger partial charge in [0.25, 0.3) is 0 Å². The highest BCUT2D eigenvalue weighted by Gasteiger charge is 2.16. The Morgan fingerprint density at radius 2 is 2.00 bits per heavy atom. The molecule has 20 heavy (non-hydrogen) atoms. The lowest BCUT2D eigenvalue weighted by Crippen LogP contribution is -2.33. The number of H-pyrrole nitrogens is 1. The van der Waals surface area contributed by atoms with E-state index in [0.717, 1.165) is 48.4 Å². The number of aryl methyl sites for hydroxylation is 1. The molecule has 1 N–H and O–H groups in total. The van der Waals surface area contributed by atoms with Gasteiger partial charge in [-0.15, -0.1) is 0 Å². The van der Waals surface area contributed by atoms with E-state index in [1.807, 2.05) is 30.0 Å². The molecule has 1 aliphatic rings. The Hall–Kier alpha value is -1.84. The molecule has 1 amide bonds. The molecule has 4 heteroatoms. The van der Waals surface area contributed by atoms with Gasteiger partial charge >= 0.3 is 0 Å². The van der Waals surface area contributed by atoms with Crippen molar-refractivity contribution in [3.8, 4) is 0 Å². The van der Waals surface area contributed by atoms with Gasteiger partial charge in [0.2, 0.25) is 5.91 Å². The molecule has 2 aromatic rings. The van der Waals surface area contributed by atoms with E-state index >= 15 is 0 Å². The van der Waals surface area contributed by atoms with Crippen LogP contribution in [0.3, 0.4) is 0 Å². The molecule has 1 aromatic carbocycles. The van der Waals surface area contributed by atoms with Gasteiger partial charge in [0.05, 0.1) is 17.5 Å². The van der Waals surface area contributed by atoms with Gasteiger partial charge in [-0.2, -0.15) is 0 Å². The lowest BCUT2D eigenvalue weighted by atomic mass is 10.1. The van der Waals surface area contributed by atoms with Crippen molar-refractivity contribution in [2.75, 3.05) is 13.1 Å². The van der Waals surface area contributed by atoms with Crippen molar-refractivity contribution in [3.05, 3.63) is 29.6 Å². The lowest BCUT2D eigenvalue weighted by Gasteiger charge is -2.20. The van der Waals surface area contributed by atoms with Crippen LogP contribution in [0.2, 0.25) is 0 Å². The SMILES string of the molecule is Cc1nc2ccc(CC(=O)N3CCCCCC3)cc2[nH]1. The van der Waals surface area contributed by atoms with Crippen LogP contribution in [0.25, 0.3) is 11.0 Å². The van der Waals surface area contributed by atoms with E-state index in [1.165, 1.54) is 12.8 Å². The van der Waals surface area contributed by atoms with E-state index in [-0.39, 0.29) is 5.91 Å². The number of hydrogen-bond acceptors (Lipinski definition) is 2. The number of nitrogens with zero attached hydrogens (tertiary/aromatic N) is 2. The molecule has 1 aromatic heterocycles. The molecule has 2 heterocycles. The summed E-state index contributed by atoms with van der Waals surface area (Å²) in [7, 11) is 0. The number of nitrogens with one attached hydrogen (secondary N) is 1. The molecule has 0 spiro atoms. The highest BCUT2D eigenvalue weighted by atomic mass is 16.2. The number of carbonyl (C=O) groups is 1. The van der Waals surface area contributed by atoms with Crippen LogP contribution in [0.15, 0.2) is 18.2 Å². The van der Waals surface area contributed by atoms with Crippen molar-refractivity contribution in [2.45, 2.75) is 39.0 Å². The third-order valence-electron chi connectivity index (χ3n) is 3.98. The summed E-state index contributed by atoms with van der Waals surface area (Å²) >= 11 is 0. The Morgan fingerprint density at radius 3 is 2.75 bits per heavy atom. The number of likely N-dealkylation sites (tertiary alicyclic amines) is 1. The van der Waals surface area contributed by atoms with Crippen LogP contribution in [-0.4, -0.2) is 33.9 Å². The van der Waals surface area contributed by atoms with Gasteiger partial charge in [0.1, 0.15) is 5.82 Å². The second-order valence-corrected chi connectivity index (χ2v) is 5.65. The van der Waals surface area contributed by atoms with Gasteiger partial charge in [-0.25, -0.2) is 4.98 Å². The van der Waals surface area contributed by atoms with E-state index in [0.29, 0.717) is 6.42 Å². The monoisotopic (exact) mass is 271 g/mol. The van der Waals surface area contributed by atoms with Crippen molar-refractivity contribution in [1.29, 1.82) is 0 Å². The largest absolute Gasteiger partial charge is 0.342 e. The number of hydrogen-bond donors (Lipinski definition) is 1. The Bertz CT molecular complexity index is 609. The van der Waals surface area contributed by atoms with Crippen molar-refractivity contribution in [1.82, 2.24) is 14.9 Å². The Morgan fingerprint density at radius 1 is 1.25 bits per heavy atom. The molecule has 1 fully saturated rings. The second kappa shape index (κ2) is 5.65. The zero-order valence-electron chi connectivity index (χ0n) is 12.0. The molecule has 0 bridgehead atoms. The zero-order chi connectivity index (χ0) is 13.9. The van der Waals surface area contributed by atoms with E-state index in [4.69, 9.17) is 0 Å². The molecule has 0 unspecified atom stereocenters. The lowest BCUT2D eigenvalue weighted by molar-refractivity contribution is -0.130. The van der Waals surface area contributed by atoms with Crippen LogP contribution in [0, 0.1) is 6.92 Å². The fraction of sp³-hybridized carbons (Fsp3) is 0.500. The van der Waals surface area contributed by atoms with E-state index in [1.54, 1.807) is 0 Å². The van der Waals surface area contributed by atoms with E-state index in [9.17, 15) is 4.79 Å². The standard InChI is InChI=1S/C16H21N3O/c1-12-17-14-7-6-13(10-15(14)18-12)11-16(20)19-8-4-2-3-5-9-19/h6-7,10H,2-5,8-9,11H2,1H3,(H,17,18). The fourth-order valence-electron chi connectivity index (χ4n) is 2.90. The molecule has 3 rings (SSSR count). The van der Waals surface area contributed by atoms with Crippen molar-refractivity contribution < 1.29 is 4.79 Å². The summed E-state index contributed by atoms with van der Waals surface area (Å²) in [6.45, 7) is 3.79. The van der Waals surface area contributed by atoms with Gasteiger partial charge in [-0.3, -0.25) is 4.79 Å². The van der Waals surface area contributed by atoms with Crippen LogP contribution in [-0.2, 0) is 11.2 Å². The number of benzene rings is 1. The van der Waals surface area contributed by atoms with Gasteiger partial charge in [-0.05, 0) is 37.5 Å². The maximum absolute atomic E-state index is 12.4. The second-order valence-electron chi connectivity index (χ2n) is 5.65. The predicted molar refractivity (Wildman–Crippen MR) is 79.6 cm³/mol. The minimum atomic E-state index is 0.252. The van der Waals surface area contributed by atoms with Crippen LogP contribution in [0.1, 0.15) is 37.1 Å². The molecule has 106 valence electrons.